The Morgan fingerprint density at radius 1 is 0.968 bits per heavy atom. The van der Waals surface area contributed by atoms with E-state index in [1.165, 1.54) is 39.3 Å². The zero-order valence-corrected chi connectivity index (χ0v) is 17.9. The van der Waals surface area contributed by atoms with Gasteiger partial charge in [-0.25, -0.2) is 9.59 Å². The smallest absolute Gasteiger partial charge is 0.350 e. The number of amides is 1. The van der Waals surface area contributed by atoms with Gasteiger partial charge in [0.25, 0.3) is 5.79 Å². The van der Waals surface area contributed by atoms with E-state index in [2.05, 4.69) is 10.6 Å². The van der Waals surface area contributed by atoms with Crippen LogP contribution in [0.1, 0.15) is 52.4 Å². The quantitative estimate of drug-likeness (QED) is 0.432. The number of hydrogen-bond donors (Lipinski definition) is 2. The first kappa shape index (κ1) is 20.1. The number of hydrogen-bond acceptors (Lipinski definition) is 6. The molecule has 1 aliphatic heterocycles. The number of anilines is 2. The van der Waals surface area contributed by atoms with Crippen LogP contribution in [0.5, 0.6) is 0 Å². The molecule has 1 saturated heterocycles. The van der Waals surface area contributed by atoms with Gasteiger partial charge >= 0.3 is 11.9 Å². The van der Waals surface area contributed by atoms with Crippen LogP contribution >= 0.6 is 0 Å². The maximum absolute atomic E-state index is 13.3. The predicted molar refractivity (Wildman–Crippen MR) is 114 cm³/mol. The normalized spacial score (nSPS) is 32.8. The van der Waals surface area contributed by atoms with Gasteiger partial charge in [-0.2, -0.15) is 0 Å². The summed E-state index contributed by atoms with van der Waals surface area (Å²) >= 11 is 0. The largest absolute Gasteiger partial charge is 0.419 e. The Morgan fingerprint density at radius 3 is 2.10 bits per heavy atom. The molecule has 0 spiro atoms. The van der Waals surface area contributed by atoms with E-state index >= 15 is 0 Å². The monoisotopic (exact) mass is 424 g/mol. The minimum Gasteiger partial charge on any atom is -0.419 e. The molecule has 0 radical (unpaired) electrons. The van der Waals surface area contributed by atoms with Crippen molar-refractivity contribution in [3.63, 3.8) is 0 Å². The van der Waals surface area contributed by atoms with E-state index in [-0.39, 0.29) is 16.9 Å². The summed E-state index contributed by atoms with van der Waals surface area (Å²) in [7, 11) is 0. The summed E-state index contributed by atoms with van der Waals surface area (Å²) in [6.45, 7) is 3.01. The van der Waals surface area contributed by atoms with Crippen molar-refractivity contribution in [2.24, 2.45) is 23.2 Å². The van der Waals surface area contributed by atoms with Crippen molar-refractivity contribution in [2.75, 3.05) is 10.6 Å². The van der Waals surface area contributed by atoms with Gasteiger partial charge in [0, 0.05) is 31.4 Å². The zero-order chi connectivity index (χ0) is 21.8. The molecule has 0 unspecified atom stereocenters. The first-order valence-corrected chi connectivity index (χ1v) is 11.1. The third-order valence-corrected chi connectivity index (χ3v) is 7.14. The lowest BCUT2D eigenvalue weighted by atomic mass is 9.49. The number of esters is 2. The molecule has 31 heavy (non-hydrogen) atoms. The van der Waals surface area contributed by atoms with E-state index < -0.39 is 17.7 Å². The molecule has 5 fully saturated rings. The molecule has 4 bridgehead atoms. The summed E-state index contributed by atoms with van der Waals surface area (Å²) < 4.78 is 10.2. The van der Waals surface area contributed by atoms with Crippen LogP contribution in [0.4, 0.5) is 11.4 Å². The molecule has 1 aromatic carbocycles. The fourth-order valence-corrected chi connectivity index (χ4v) is 6.27. The van der Waals surface area contributed by atoms with Crippen molar-refractivity contribution in [2.45, 2.75) is 58.2 Å². The number of carbonyl (C=O) groups excluding carboxylic acids is 3. The van der Waals surface area contributed by atoms with Crippen LogP contribution < -0.4 is 10.6 Å². The summed E-state index contributed by atoms with van der Waals surface area (Å²) in [6.07, 6.45) is 8.19. The van der Waals surface area contributed by atoms with Gasteiger partial charge in [0.1, 0.15) is 0 Å². The highest BCUT2D eigenvalue weighted by Crippen LogP contribution is 2.60. The molecule has 0 aromatic heterocycles. The predicted octanol–water partition coefficient (Wildman–Crippen LogP) is 3.97. The molecule has 7 nitrogen and oxygen atoms in total. The molecular weight excluding hydrogens is 396 g/mol. The van der Waals surface area contributed by atoms with Crippen LogP contribution in [0.15, 0.2) is 36.0 Å². The van der Waals surface area contributed by atoms with Gasteiger partial charge in [-0.15, -0.1) is 0 Å². The van der Waals surface area contributed by atoms with Crippen molar-refractivity contribution in [1.82, 2.24) is 0 Å². The van der Waals surface area contributed by atoms with E-state index in [1.807, 2.05) is 12.1 Å². The first-order chi connectivity index (χ1) is 14.7. The van der Waals surface area contributed by atoms with Crippen LogP contribution in [-0.2, 0) is 23.9 Å². The number of benzene rings is 1. The van der Waals surface area contributed by atoms with Gasteiger partial charge < -0.3 is 20.1 Å². The Labute approximate surface area is 181 Å². The van der Waals surface area contributed by atoms with Gasteiger partial charge in [-0.3, -0.25) is 4.79 Å². The lowest BCUT2D eigenvalue weighted by Crippen LogP contribution is -2.51. The Morgan fingerprint density at radius 2 is 1.52 bits per heavy atom. The second-order valence-electron chi connectivity index (χ2n) is 10.1. The number of nitrogens with one attached hydrogen (secondary N) is 2. The molecular formula is C24H28N2O5. The maximum atomic E-state index is 13.3. The number of ether oxygens (including phenoxy) is 2. The van der Waals surface area contributed by atoms with Crippen LogP contribution in [0.2, 0.25) is 0 Å². The van der Waals surface area contributed by atoms with Crippen LogP contribution in [0.3, 0.4) is 0 Å². The average molecular weight is 424 g/mol. The van der Waals surface area contributed by atoms with Crippen molar-refractivity contribution in [3.8, 4) is 0 Å². The zero-order valence-electron chi connectivity index (χ0n) is 17.9. The van der Waals surface area contributed by atoms with Crippen LogP contribution in [-0.4, -0.2) is 23.6 Å². The molecule has 2 N–H and O–H groups in total. The molecule has 7 heteroatoms. The van der Waals surface area contributed by atoms with Crippen molar-refractivity contribution < 1.29 is 23.9 Å². The van der Waals surface area contributed by atoms with E-state index in [0.29, 0.717) is 29.1 Å². The minimum atomic E-state index is -1.27. The van der Waals surface area contributed by atoms with E-state index in [1.54, 1.807) is 12.1 Å². The standard InChI is InChI=1S/C24H28N2O5/c1-23(2)30-20(27)19(21(28)31-23)13-25-17-4-3-5-18(9-17)26-22(29)24-10-14-6-15(11-24)8-16(7-14)12-24/h3-5,9,13-16,25H,6-8,10-12H2,1-2H3,(H,26,29). The van der Waals surface area contributed by atoms with Crippen LogP contribution in [0, 0.1) is 23.2 Å². The van der Waals surface area contributed by atoms with Crippen LogP contribution in [0.25, 0.3) is 0 Å². The van der Waals surface area contributed by atoms with Gasteiger partial charge in [0.2, 0.25) is 5.91 Å². The molecule has 5 aliphatic rings. The van der Waals surface area contributed by atoms with E-state index in [9.17, 15) is 14.4 Å². The van der Waals surface area contributed by atoms with Gasteiger partial charge in [-0.05, 0) is 74.5 Å². The Bertz CT molecular complexity index is 923. The highest BCUT2D eigenvalue weighted by molar-refractivity contribution is 6.15. The summed E-state index contributed by atoms with van der Waals surface area (Å²) in [5.74, 6) is -0.499. The van der Waals surface area contributed by atoms with Crippen molar-refractivity contribution in [1.29, 1.82) is 0 Å². The third kappa shape index (κ3) is 3.82. The van der Waals surface area contributed by atoms with E-state index in [4.69, 9.17) is 9.47 Å². The number of cyclic esters (lactones) is 2. The summed E-state index contributed by atoms with van der Waals surface area (Å²) in [5, 5.41) is 6.06. The lowest BCUT2D eigenvalue weighted by Gasteiger charge is -2.55. The molecule has 1 amide bonds. The Balaban J connectivity index is 1.27. The van der Waals surface area contributed by atoms with E-state index in [0.717, 1.165) is 19.3 Å². The van der Waals surface area contributed by atoms with Crippen molar-refractivity contribution >= 4 is 29.2 Å². The molecule has 1 aromatic rings. The highest BCUT2D eigenvalue weighted by Gasteiger charge is 2.54. The summed E-state index contributed by atoms with van der Waals surface area (Å²) in [4.78, 5) is 37.4. The molecule has 0 atom stereocenters. The fourth-order valence-electron chi connectivity index (χ4n) is 6.27. The Kier molecular flexibility index (Phi) is 4.61. The minimum absolute atomic E-state index is 0.128. The SMILES string of the molecule is CC1(C)OC(=O)C(=CNc2cccc(NC(=O)C34CC5CC(CC(C5)C3)C4)c2)C(=O)O1. The lowest BCUT2D eigenvalue weighted by molar-refractivity contribution is -0.222. The molecule has 6 rings (SSSR count). The van der Waals surface area contributed by atoms with Gasteiger partial charge in [0.05, 0.1) is 5.41 Å². The molecule has 4 saturated carbocycles. The summed E-state index contributed by atoms with van der Waals surface area (Å²) in [5.41, 5.74) is 0.908. The van der Waals surface area contributed by atoms with Gasteiger partial charge in [-0.1, -0.05) is 6.07 Å². The maximum Gasteiger partial charge on any atom is 0.350 e. The average Bonchev–Trinajstić information content (AvgIpc) is 2.65. The Hall–Kier alpha value is -2.83. The van der Waals surface area contributed by atoms with Gasteiger partial charge in [0.15, 0.2) is 5.57 Å². The first-order valence-electron chi connectivity index (χ1n) is 11.1. The molecule has 164 valence electrons. The topological polar surface area (TPSA) is 93.7 Å². The second-order valence-corrected chi connectivity index (χ2v) is 10.1. The number of carbonyl (C=O) groups is 3. The highest BCUT2D eigenvalue weighted by atomic mass is 16.7. The fraction of sp³-hybridized carbons (Fsp3) is 0.542. The molecule has 4 aliphatic carbocycles. The second kappa shape index (κ2) is 7.11. The van der Waals surface area contributed by atoms with Crippen molar-refractivity contribution in [3.05, 3.63) is 36.0 Å². The third-order valence-electron chi connectivity index (χ3n) is 7.14. The molecule has 1 heterocycles. The number of rotatable bonds is 4. The summed E-state index contributed by atoms with van der Waals surface area (Å²) in [6, 6.07) is 7.25.